The number of benzene rings is 2. The van der Waals surface area contributed by atoms with Crippen LogP contribution in [-0.2, 0) is 16.1 Å². The Bertz CT molecular complexity index is 2150. The molecule has 0 unspecified atom stereocenters. The number of aliphatic hydroxyl groups is 2. The Kier molecular flexibility index (Phi) is 10.7. The highest BCUT2D eigenvalue weighted by Crippen LogP contribution is 2.39. The molecule has 0 aliphatic carbocycles. The lowest BCUT2D eigenvalue weighted by molar-refractivity contribution is -0.192. The third-order valence-electron chi connectivity index (χ3n) is 9.44. The van der Waals surface area contributed by atoms with Crippen LogP contribution in [0.4, 0.5) is 24.9 Å². The molecule has 2 aromatic carbocycles. The van der Waals surface area contributed by atoms with Crippen molar-refractivity contribution in [3.63, 3.8) is 0 Å². The van der Waals surface area contributed by atoms with Crippen LogP contribution in [0.1, 0.15) is 54.6 Å². The van der Waals surface area contributed by atoms with Crippen LogP contribution in [-0.4, -0.2) is 109 Å². The number of rotatable bonds is 10. The maximum atomic E-state index is 11.2. The van der Waals surface area contributed by atoms with Crippen LogP contribution in [0.25, 0.3) is 11.2 Å². The number of aliphatic hydroxyl groups excluding tert-OH is 2. The van der Waals surface area contributed by atoms with Gasteiger partial charge in [-0.25, -0.2) is 14.8 Å². The highest BCUT2D eigenvalue weighted by atomic mass is 19.4. The van der Waals surface area contributed by atoms with Crippen molar-refractivity contribution in [3.8, 4) is 0 Å². The fourth-order valence-corrected chi connectivity index (χ4v) is 6.61. The highest BCUT2D eigenvalue weighted by molar-refractivity contribution is 5.84. The molecule has 5 atom stereocenters. The topological polar surface area (TPSA) is 207 Å². The lowest BCUT2D eigenvalue weighted by Gasteiger charge is -2.22. The van der Waals surface area contributed by atoms with E-state index in [0.29, 0.717) is 42.6 Å². The minimum atomic E-state index is -5.08. The molecule has 6 aromatic rings. The lowest BCUT2D eigenvalue weighted by Crippen LogP contribution is -2.29. The number of halogens is 3. The van der Waals surface area contributed by atoms with E-state index in [2.05, 4.69) is 59.4 Å². The number of nitrogens with one attached hydrogen (secondary N) is 1. The van der Waals surface area contributed by atoms with Crippen molar-refractivity contribution in [2.24, 2.45) is 0 Å². The van der Waals surface area contributed by atoms with Gasteiger partial charge in [0.25, 0.3) is 0 Å². The summed E-state index contributed by atoms with van der Waals surface area (Å²) in [6.07, 6.45) is -1.57. The maximum Gasteiger partial charge on any atom is 0.490 e. The summed E-state index contributed by atoms with van der Waals surface area (Å²) >= 11 is 0. The second-order valence-corrected chi connectivity index (χ2v) is 12.9. The number of aliphatic carboxylic acids is 1. The van der Waals surface area contributed by atoms with E-state index in [0.717, 1.165) is 13.0 Å². The molecule has 0 radical (unpaired) electrons. The first-order valence-electron chi connectivity index (χ1n) is 17.4. The number of anilines is 2. The summed E-state index contributed by atoms with van der Waals surface area (Å²) in [4.78, 5) is 31.4. The zero-order chi connectivity index (χ0) is 38.7. The Hall–Kier alpha value is -5.99. The molecule has 20 heteroatoms. The van der Waals surface area contributed by atoms with Gasteiger partial charge in [0, 0.05) is 37.9 Å². The summed E-state index contributed by atoms with van der Waals surface area (Å²) < 4.78 is 41.7. The van der Waals surface area contributed by atoms with E-state index >= 15 is 0 Å². The third kappa shape index (κ3) is 7.96. The van der Waals surface area contributed by atoms with Crippen molar-refractivity contribution >= 4 is 28.9 Å². The SMILES string of the molecule is CCn1nnc([C@H]2O[C@@H](n3cnc4c(NCC(c5ccccc5)c5ccccc5)nc(N5CC[C@@H](n6ccnc6)C5)nc43)[C@H](O)[C@@H]2O)n1.O=C(O)C(F)(F)F. The van der Waals surface area contributed by atoms with E-state index in [1.54, 1.807) is 17.1 Å². The summed E-state index contributed by atoms with van der Waals surface area (Å²) in [6, 6.07) is 21.0. The van der Waals surface area contributed by atoms with Crippen LogP contribution in [0.15, 0.2) is 85.7 Å². The minimum Gasteiger partial charge on any atom is -0.475 e. The Morgan fingerprint density at radius 3 is 2.31 bits per heavy atom. The molecule has 4 N–H and O–H groups in total. The Morgan fingerprint density at radius 2 is 1.71 bits per heavy atom. The van der Waals surface area contributed by atoms with Crippen LogP contribution in [0.5, 0.6) is 0 Å². The van der Waals surface area contributed by atoms with Crippen LogP contribution in [0.2, 0.25) is 0 Å². The predicted molar refractivity (Wildman–Crippen MR) is 189 cm³/mol. The number of carbonyl (C=O) groups is 1. The Labute approximate surface area is 311 Å². The molecule has 2 aliphatic rings. The lowest BCUT2D eigenvalue weighted by atomic mass is 9.91. The van der Waals surface area contributed by atoms with Crippen molar-refractivity contribution < 1.29 is 38.0 Å². The normalized spacial score (nSPS) is 21.2. The summed E-state index contributed by atoms with van der Waals surface area (Å²) in [5.41, 5.74) is 3.33. The number of aromatic nitrogens is 10. The molecule has 17 nitrogen and oxygen atoms in total. The molecule has 0 amide bonds. The number of hydrogen-bond donors (Lipinski definition) is 4. The van der Waals surface area contributed by atoms with Crippen LogP contribution < -0.4 is 10.2 Å². The number of hydrogen-bond acceptors (Lipinski definition) is 13. The maximum absolute atomic E-state index is 11.2. The zero-order valence-corrected chi connectivity index (χ0v) is 29.3. The largest absolute Gasteiger partial charge is 0.490 e. The van der Waals surface area contributed by atoms with Crippen molar-refractivity contribution in [1.82, 2.24) is 49.3 Å². The van der Waals surface area contributed by atoms with Gasteiger partial charge in [-0.15, -0.1) is 10.2 Å². The second kappa shape index (κ2) is 15.8. The summed E-state index contributed by atoms with van der Waals surface area (Å²) in [5, 5.41) is 45.3. The average molecular weight is 763 g/mol. The Morgan fingerprint density at radius 1 is 1.02 bits per heavy atom. The molecule has 8 rings (SSSR count). The fraction of sp³-hybridized carbons (Fsp3) is 0.371. The standard InChI is InChI=1S/C33H36N12O3.C2HF3O2/c1-2-45-40-30(39-41-45)28-26(46)27(47)32(48-28)44-20-36-25-29(35-17-24(21-9-5-3-6-10-21)22-11-7-4-8-12-22)37-33(38-31(25)44)42-15-13-23(18-42)43-16-14-34-19-43;3-2(4,5)1(6)7/h3-12,14,16,19-20,23-24,26-28,32,46-47H,2,13,15,17-18H2,1H3,(H,35,37,38);(H,6,7)/t23-,26+,27-,28+,32-;/m1./s1. The minimum absolute atomic E-state index is 0.0419. The molecule has 6 heterocycles. The van der Waals surface area contributed by atoms with Crippen LogP contribution in [0, 0.1) is 0 Å². The quantitative estimate of drug-likeness (QED) is 0.158. The molecule has 0 bridgehead atoms. The summed E-state index contributed by atoms with van der Waals surface area (Å²) in [7, 11) is 0. The first-order valence-corrected chi connectivity index (χ1v) is 17.4. The average Bonchev–Trinajstić information content (AvgIpc) is 4.04. The van der Waals surface area contributed by atoms with Gasteiger partial charge in [0.05, 0.1) is 25.2 Å². The van der Waals surface area contributed by atoms with Crippen molar-refractivity contribution in [2.75, 3.05) is 29.9 Å². The number of aryl methyl sites for hydroxylation is 1. The van der Waals surface area contributed by atoms with Gasteiger partial charge < -0.3 is 34.8 Å². The van der Waals surface area contributed by atoms with Gasteiger partial charge in [-0.1, -0.05) is 60.7 Å². The Balaban J connectivity index is 0.000000609. The van der Waals surface area contributed by atoms with Crippen LogP contribution >= 0.6 is 0 Å². The molecule has 0 spiro atoms. The van der Waals surface area contributed by atoms with E-state index in [1.807, 2.05) is 55.8 Å². The van der Waals surface area contributed by atoms with Gasteiger partial charge in [0.1, 0.15) is 12.2 Å². The van der Waals surface area contributed by atoms with E-state index in [-0.39, 0.29) is 17.8 Å². The molecule has 55 heavy (non-hydrogen) atoms. The van der Waals surface area contributed by atoms with Gasteiger partial charge in [0.15, 0.2) is 29.3 Å². The number of alkyl halides is 3. The van der Waals surface area contributed by atoms with Crippen molar-refractivity contribution in [2.45, 2.75) is 62.6 Å². The monoisotopic (exact) mass is 762 g/mol. The van der Waals surface area contributed by atoms with Gasteiger partial charge >= 0.3 is 12.1 Å². The number of tetrazole rings is 1. The first kappa shape index (κ1) is 37.3. The fourth-order valence-electron chi connectivity index (χ4n) is 6.61. The highest BCUT2D eigenvalue weighted by Gasteiger charge is 2.47. The van der Waals surface area contributed by atoms with Crippen molar-refractivity contribution in [3.05, 3.63) is 103 Å². The van der Waals surface area contributed by atoms with Gasteiger partial charge in [-0.3, -0.25) is 4.57 Å². The molecule has 2 saturated heterocycles. The molecule has 2 aliphatic heterocycles. The van der Waals surface area contributed by atoms with E-state index in [9.17, 15) is 23.4 Å². The number of imidazole rings is 2. The van der Waals surface area contributed by atoms with E-state index in [4.69, 9.17) is 29.6 Å². The number of carboxylic acids is 1. The molecule has 2 fully saturated rings. The second-order valence-electron chi connectivity index (χ2n) is 12.9. The van der Waals surface area contributed by atoms with E-state index < -0.39 is 36.7 Å². The molecule has 288 valence electrons. The van der Waals surface area contributed by atoms with Crippen molar-refractivity contribution in [1.29, 1.82) is 0 Å². The molecular formula is C35H37F3N12O5. The predicted octanol–water partition coefficient (Wildman–Crippen LogP) is 3.35. The number of nitrogens with zero attached hydrogens (tertiary/aromatic N) is 11. The molecule has 4 aromatic heterocycles. The van der Waals surface area contributed by atoms with Gasteiger partial charge in [0.2, 0.25) is 11.8 Å². The summed E-state index contributed by atoms with van der Waals surface area (Å²) in [5.74, 6) is -1.42. The number of fused-ring (bicyclic) bond motifs is 1. The zero-order valence-electron chi connectivity index (χ0n) is 29.3. The molecule has 0 saturated carbocycles. The first-order chi connectivity index (χ1) is 26.5. The molecular weight excluding hydrogens is 725 g/mol. The smallest absolute Gasteiger partial charge is 0.475 e. The van der Waals surface area contributed by atoms with Gasteiger partial charge in [-0.2, -0.15) is 27.9 Å². The summed E-state index contributed by atoms with van der Waals surface area (Å²) in [6.45, 7) is 4.40. The van der Waals surface area contributed by atoms with Crippen LogP contribution in [0.3, 0.4) is 0 Å². The number of ether oxygens (including phenoxy) is 1. The number of carboxylic acid groups (broad SMARTS) is 1. The third-order valence-corrected chi connectivity index (χ3v) is 9.44. The van der Waals surface area contributed by atoms with E-state index in [1.165, 1.54) is 15.9 Å². The van der Waals surface area contributed by atoms with Gasteiger partial charge in [-0.05, 0) is 29.7 Å².